The lowest BCUT2D eigenvalue weighted by atomic mass is 10.2. The Labute approximate surface area is 169 Å². The van der Waals surface area contributed by atoms with E-state index in [-0.39, 0.29) is 35.4 Å². The summed E-state index contributed by atoms with van der Waals surface area (Å²) in [5.41, 5.74) is -0.252. The fraction of sp³-hybridized carbons (Fsp3) is 0.263. The Hall–Kier alpha value is -4.02. The van der Waals surface area contributed by atoms with E-state index in [1.54, 1.807) is 38.3 Å². The summed E-state index contributed by atoms with van der Waals surface area (Å²) >= 11 is 0. The normalized spacial score (nSPS) is 11.2. The molecule has 0 spiro atoms. The minimum atomic E-state index is -0.767. The Morgan fingerprint density at radius 2 is 1.83 bits per heavy atom. The quantitative estimate of drug-likeness (QED) is 0.433. The van der Waals surface area contributed by atoms with Gasteiger partial charge in [0, 0.05) is 7.05 Å². The molecule has 0 aliphatic rings. The number of fused-ring (bicyclic) bond motifs is 3. The SMILES string of the molecule is CCOC(=O)c1nnn2c1c(=O)n(Cc1ccc(OC)cc1)c1c(=O)n(C)ncc12. The van der Waals surface area contributed by atoms with Gasteiger partial charge in [-0.25, -0.2) is 14.0 Å². The van der Waals surface area contributed by atoms with E-state index in [0.29, 0.717) is 5.75 Å². The number of esters is 1. The van der Waals surface area contributed by atoms with Crippen molar-refractivity contribution in [3.63, 3.8) is 0 Å². The molecule has 11 heteroatoms. The lowest BCUT2D eigenvalue weighted by Crippen LogP contribution is -2.32. The van der Waals surface area contributed by atoms with Crippen LogP contribution in [0.25, 0.3) is 16.6 Å². The van der Waals surface area contributed by atoms with Gasteiger partial charge in [-0.3, -0.25) is 14.2 Å². The van der Waals surface area contributed by atoms with Crippen molar-refractivity contribution in [2.45, 2.75) is 13.5 Å². The van der Waals surface area contributed by atoms with Crippen molar-refractivity contribution in [3.8, 4) is 5.75 Å². The zero-order valence-electron chi connectivity index (χ0n) is 16.5. The van der Waals surface area contributed by atoms with E-state index < -0.39 is 17.1 Å². The summed E-state index contributed by atoms with van der Waals surface area (Å²) in [6, 6.07) is 7.08. The van der Waals surface area contributed by atoms with Gasteiger partial charge in [0.15, 0.2) is 5.52 Å². The van der Waals surface area contributed by atoms with Crippen molar-refractivity contribution in [1.82, 2.24) is 29.2 Å². The second kappa shape index (κ2) is 7.43. The standard InChI is InChI=1S/C19H18N6O5/c1-4-30-19(28)14-16-18(27)24(10-11-5-7-12(29-3)8-6-11)15-13(25(16)22-21-14)9-20-23(2)17(15)26/h5-9H,4,10H2,1-3H3. The maximum absolute atomic E-state index is 13.4. The van der Waals surface area contributed by atoms with E-state index in [1.165, 1.54) is 17.8 Å². The molecule has 0 atom stereocenters. The summed E-state index contributed by atoms with van der Waals surface area (Å²) in [5.74, 6) is -0.104. The minimum Gasteiger partial charge on any atom is -0.497 e. The zero-order chi connectivity index (χ0) is 21.4. The topological polar surface area (TPSA) is 123 Å². The molecule has 154 valence electrons. The third-order valence-electron chi connectivity index (χ3n) is 4.68. The molecular formula is C19H18N6O5. The van der Waals surface area contributed by atoms with Crippen LogP contribution in [-0.4, -0.2) is 48.9 Å². The van der Waals surface area contributed by atoms with Crippen molar-refractivity contribution in [1.29, 1.82) is 0 Å². The van der Waals surface area contributed by atoms with Crippen molar-refractivity contribution >= 4 is 22.5 Å². The molecule has 0 saturated heterocycles. The molecule has 30 heavy (non-hydrogen) atoms. The smallest absolute Gasteiger partial charge is 0.361 e. The van der Waals surface area contributed by atoms with Crippen LogP contribution in [-0.2, 0) is 18.3 Å². The summed E-state index contributed by atoms with van der Waals surface area (Å²) in [7, 11) is 3.04. The lowest BCUT2D eigenvalue weighted by Gasteiger charge is -2.12. The Kier molecular flexibility index (Phi) is 4.78. The molecule has 3 heterocycles. The highest BCUT2D eigenvalue weighted by molar-refractivity contribution is 5.95. The van der Waals surface area contributed by atoms with E-state index in [0.717, 1.165) is 14.8 Å². The van der Waals surface area contributed by atoms with Crippen LogP contribution in [0.2, 0.25) is 0 Å². The van der Waals surface area contributed by atoms with Crippen LogP contribution < -0.4 is 15.9 Å². The summed E-state index contributed by atoms with van der Waals surface area (Å²) in [6.45, 7) is 1.85. The van der Waals surface area contributed by atoms with Crippen LogP contribution >= 0.6 is 0 Å². The molecule has 0 amide bonds. The molecule has 4 aromatic rings. The largest absolute Gasteiger partial charge is 0.497 e. The molecule has 0 saturated carbocycles. The van der Waals surface area contributed by atoms with Gasteiger partial charge in [0.1, 0.15) is 16.8 Å². The first kappa shape index (κ1) is 19.3. The first-order valence-electron chi connectivity index (χ1n) is 9.10. The summed E-state index contributed by atoms with van der Waals surface area (Å²) in [6.07, 6.45) is 1.40. The van der Waals surface area contributed by atoms with Gasteiger partial charge >= 0.3 is 5.97 Å². The highest BCUT2D eigenvalue weighted by atomic mass is 16.5. The number of carbonyl (C=O) groups excluding carboxylic acids is 1. The number of methoxy groups -OCH3 is 1. The fourth-order valence-corrected chi connectivity index (χ4v) is 3.20. The highest BCUT2D eigenvalue weighted by Crippen LogP contribution is 2.16. The van der Waals surface area contributed by atoms with E-state index in [2.05, 4.69) is 15.4 Å². The predicted molar refractivity (Wildman–Crippen MR) is 106 cm³/mol. The molecule has 4 rings (SSSR count). The van der Waals surface area contributed by atoms with Gasteiger partial charge in [-0.05, 0) is 24.6 Å². The van der Waals surface area contributed by atoms with E-state index >= 15 is 0 Å². The van der Waals surface area contributed by atoms with Gasteiger partial charge in [-0.2, -0.15) is 5.10 Å². The number of benzene rings is 1. The summed E-state index contributed by atoms with van der Waals surface area (Å²) in [4.78, 5) is 38.5. The molecule has 0 fully saturated rings. The van der Waals surface area contributed by atoms with Crippen molar-refractivity contribution in [3.05, 3.63) is 62.4 Å². The number of rotatable bonds is 5. The maximum Gasteiger partial charge on any atom is 0.361 e. The van der Waals surface area contributed by atoms with Gasteiger partial charge in [-0.1, -0.05) is 17.3 Å². The molecule has 3 aromatic heterocycles. The van der Waals surface area contributed by atoms with Crippen LogP contribution in [0.5, 0.6) is 5.75 Å². The lowest BCUT2D eigenvalue weighted by molar-refractivity contribution is 0.0521. The molecule has 1 aromatic carbocycles. The van der Waals surface area contributed by atoms with Crippen LogP contribution in [0, 0.1) is 0 Å². The number of hydrogen-bond acceptors (Lipinski definition) is 8. The van der Waals surface area contributed by atoms with Gasteiger partial charge in [0.25, 0.3) is 11.1 Å². The number of aryl methyl sites for hydroxylation is 1. The van der Waals surface area contributed by atoms with Gasteiger partial charge in [0.2, 0.25) is 5.69 Å². The van der Waals surface area contributed by atoms with Crippen LogP contribution in [0.4, 0.5) is 0 Å². The average Bonchev–Trinajstić information content (AvgIpc) is 3.19. The van der Waals surface area contributed by atoms with Crippen LogP contribution in [0.3, 0.4) is 0 Å². The van der Waals surface area contributed by atoms with Crippen LogP contribution in [0.1, 0.15) is 23.0 Å². The fourth-order valence-electron chi connectivity index (χ4n) is 3.20. The highest BCUT2D eigenvalue weighted by Gasteiger charge is 2.24. The van der Waals surface area contributed by atoms with Crippen molar-refractivity contribution < 1.29 is 14.3 Å². The number of hydrogen-bond donors (Lipinski definition) is 0. The summed E-state index contributed by atoms with van der Waals surface area (Å²) in [5, 5.41) is 11.7. The van der Waals surface area contributed by atoms with Gasteiger partial charge < -0.3 is 9.47 Å². The Bertz CT molecular complexity index is 1380. The Balaban J connectivity index is 2.04. The molecule has 0 aliphatic carbocycles. The Morgan fingerprint density at radius 1 is 1.10 bits per heavy atom. The molecule has 0 N–H and O–H groups in total. The zero-order valence-corrected chi connectivity index (χ0v) is 16.5. The minimum absolute atomic E-state index is 0.0792. The number of carbonyl (C=O) groups is 1. The monoisotopic (exact) mass is 410 g/mol. The first-order valence-corrected chi connectivity index (χ1v) is 9.10. The van der Waals surface area contributed by atoms with E-state index in [1.807, 2.05) is 0 Å². The second-order valence-corrected chi connectivity index (χ2v) is 6.47. The van der Waals surface area contributed by atoms with Gasteiger partial charge in [-0.15, -0.1) is 5.10 Å². The molecule has 0 radical (unpaired) electrons. The molecule has 0 unspecified atom stereocenters. The first-order chi connectivity index (χ1) is 14.5. The maximum atomic E-state index is 13.4. The van der Waals surface area contributed by atoms with E-state index in [9.17, 15) is 14.4 Å². The number of ether oxygens (including phenoxy) is 2. The number of aromatic nitrogens is 6. The number of nitrogens with zero attached hydrogens (tertiary/aromatic N) is 6. The summed E-state index contributed by atoms with van der Waals surface area (Å²) < 4.78 is 13.7. The van der Waals surface area contributed by atoms with Crippen molar-refractivity contribution in [2.75, 3.05) is 13.7 Å². The molecular weight excluding hydrogens is 392 g/mol. The average molecular weight is 410 g/mol. The second-order valence-electron chi connectivity index (χ2n) is 6.47. The Morgan fingerprint density at radius 3 is 2.50 bits per heavy atom. The third-order valence-corrected chi connectivity index (χ3v) is 4.68. The van der Waals surface area contributed by atoms with E-state index in [4.69, 9.17) is 9.47 Å². The molecule has 0 aliphatic heterocycles. The molecule has 0 bridgehead atoms. The van der Waals surface area contributed by atoms with Crippen LogP contribution in [0.15, 0.2) is 40.1 Å². The third kappa shape index (κ3) is 3.00. The van der Waals surface area contributed by atoms with Crippen molar-refractivity contribution in [2.24, 2.45) is 7.05 Å². The van der Waals surface area contributed by atoms with Gasteiger partial charge in [0.05, 0.1) is 26.5 Å². The predicted octanol–water partition coefficient (Wildman–Crippen LogP) is 0.371. The molecule has 11 nitrogen and oxygen atoms in total.